The van der Waals surface area contributed by atoms with E-state index >= 15 is 0 Å². The van der Waals surface area contributed by atoms with Gasteiger partial charge in [-0.1, -0.05) is 12.8 Å². The lowest BCUT2D eigenvalue weighted by atomic mass is 9.79. The van der Waals surface area contributed by atoms with Crippen LogP contribution in [0.2, 0.25) is 0 Å². The molecule has 1 unspecified atom stereocenters. The minimum atomic E-state index is -2.60. The Bertz CT molecular complexity index is 213. The van der Waals surface area contributed by atoms with Crippen molar-refractivity contribution in [3.63, 3.8) is 0 Å². The van der Waals surface area contributed by atoms with Crippen LogP contribution in [0.1, 0.15) is 25.7 Å². The molecule has 1 rings (SSSR count). The molecule has 0 aliphatic heterocycles. The third-order valence-electron chi connectivity index (χ3n) is 2.77. The maximum atomic E-state index is 12.2. The Labute approximate surface area is 81.3 Å². The van der Waals surface area contributed by atoms with Gasteiger partial charge in [0.25, 0.3) is 0 Å². The van der Waals surface area contributed by atoms with Crippen LogP contribution in [-0.2, 0) is 4.79 Å². The number of nitrogens with two attached hydrogens (primary N) is 1. The summed E-state index contributed by atoms with van der Waals surface area (Å²) in [7, 11) is 0. The molecule has 1 saturated carbocycles. The van der Waals surface area contributed by atoms with Gasteiger partial charge < -0.3 is 10.8 Å². The third-order valence-corrected chi connectivity index (χ3v) is 2.77. The summed E-state index contributed by atoms with van der Waals surface area (Å²) in [5, 5.41) is 8.94. The number of aliphatic carboxylic acids is 1. The molecule has 0 radical (unpaired) electrons. The first-order chi connectivity index (χ1) is 6.50. The second-order valence-electron chi connectivity index (χ2n) is 4.03. The van der Waals surface area contributed by atoms with E-state index in [-0.39, 0.29) is 12.5 Å². The van der Waals surface area contributed by atoms with Crippen molar-refractivity contribution in [2.45, 2.75) is 32.1 Å². The van der Waals surface area contributed by atoms with Crippen molar-refractivity contribution in [1.82, 2.24) is 0 Å². The Morgan fingerprint density at radius 3 is 2.43 bits per heavy atom. The Hall–Kier alpha value is -0.710. The molecule has 0 spiro atoms. The Kier molecular flexibility index (Phi) is 3.42. The van der Waals surface area contributed by atoms with E-state index in [2.05, 4.69) is 0 Å². The van der Waals surface area contributed by atoms with Gasteiger partial charge in [0, 0.05) is 13.0 Å². The summed E-state index contributed by atoms with van der Waals surface area (Å²) in [4.78, 5) is 10.9. The van der Waals surface area contributed by atoms with Crippen molar-refractivity contribution in [3.8, 4) is 0 Å². The average Bonchev–Trinajstić information content (AvgIpc) is 2.85. The zero-order valence-electron chi connectivity index (χ0n) is 7.88. The quantitative estimate of drug-likeness (QED) is 0.693. The van der Waals surface area contributed by atoms with E-state index in [1.807, 2.05) is 0 Å². The predicted molar refractivity (Wildman–Crippen MR) is 47.1 cm³/mol. The van der Waals surface area contributed by atoms with Gasteiger partial charge >= 0.3 is 5.97 Å². The Morgan fingerprint density at radius 2 is 2.14 bits per heavy atom. The van der Waals surface area contributed by atoms with Crippen molar-refractivity contribution in [2.24, 2.45) is 17.1 Å². The van der Waals surface area contributed by atoms with Gasteiger partial charge in [-0.15, -0.1) is 0 Å². The highest BCUT2D eigenvalue weighted by Crippen LogP contribution is 2.42. The summed E-state index contributed by atoms with van der Waals surface area (Å²) in [6.45, 7) is -0.205. The van der Waals surface area contributed by atoms with Crippen LogP contribution in [0.3, 0.4) is 0 Å². The van der Waals surface area contributed by atoms with Crippen LogP contribution in [0.25, 0.3) is 0 Å². The minimum absolute atomic E-state index is 0.205. The summed E-state index contributed by atoms with van der Waals surface area (Å²) in [5.74, 6) is -0.902. The zero-order chi connectivity index (χ0) is 10.8. The number of carboxylic acids is 1. The SMILES string of the molecule is NCC(CC(F)F)(CC1CC1)C(=O)O. The summed E-state index contributed by atoms with van der Waals surface area (Å²) >= 11 is 0. The van der Waals surface area contributed by atoms with Crippen LogP contribution in [-0.4, -0.2) is 24.0 Å². The molecule has 14 heavy (non-hydrogen) atoms. The Balaban J connectivity index is 2.67. The summed E-state index contributed by atoms with van der Waals surface area (Å²) in [6.07, 6.45) is -1.05. The van der Waals surface area contributed by atoms with Gasteiger partial charge in [0.2, 0.25) is 6.43 Å². The van der Waals surface area contributed by atoms with Crippen molar-refractivity contribution in [3.05, 3.63) is 0 Å². The smallest absolute Gasteiger partial charge is 0.311 e. The van der Waals surface area contributed by atoms with E-state index < -0.39 is 24.2 Å². The highest BCUT2D eigenvalue weighted by atomic mass is 19.3. The molecule has 0 bridgehead atoms. The first-order valence-corrected chi connectivity index (χ1v) is 4.72. The van der Waals surface area contributed by atoms with Gasteiger partial charge in [0.05, 0.1) is 5.41 Å². The van der Waals surface area contributed by atoms with Crippen LogP contribution in [0, 0.1) is 11.3 Å². The van der Waals surface area contributed by atoms with Crippen molar-refractivity contribution in [1.29, 1.82) is 0 Å². The van der Waals surface area contributed by atoms with Gasteiger partial charge in [0.15, 0.2) is 0 Å². The lowest BCUT2D eigenvalue weighted by molar-refractivity contribution is -0.151. The van der Waals surface area contributed by atoms with Crippen molar-refractivity contribution < 1.29 is 18.7 Å². The molecule has 3 nitrogen and oxygen atoms in total. The number of hydrogen-bond acceptors (Lipinski definition) is 2. The maximum Gasteiger partial charge on any atom is 0.311 e. The number of rotatable bonds is 6. The molecule has 0 heterocycles. The van der Waals surface area contributed by atoms with E-state index in [4.69, 9.17) is 10.8 Å². The topological polar surface area (TPSA) is 63.3 Å². The molecule has 0 saturated heterocycles. The van der Waals surface area contributed by atoms with Crippen molar-refractivity contribution >= 4 is 5.97 Å². The first kappa shape index (κ1) is 11.4. The third kappa shape index (κ3) is 2.64. The molecular weight excluding hydrogens is 192 g/mol. The van der Waals surface area contributed by atoms with E-state index in [1.54, 1.807) is 0 Å². The largest absolute Gasteiger partial charge is 0.481 e. The molecule has 1 fully saturated rings. The van der Waals surface area contributed by atoms with Gasteiger partial charge in [-0.25, -0.2) is 8.78 Å². The van der Waals surface area contributed by atoms with Crippen LogP contribution in [0.15, 0.2) is 0 Å². The highest BCUT2D eigenvalue weighted by molar-refractivity contribution is 5.75. The standard InChI is InChI=1S/C9H15F2NO2/c10-7(11)4-9(5-12,8(13)14)3-6-1-2-6/h6-7H,1-5,12H2,(H,13,14). The minimum Gasteiger partial charge on any atom is -0.481 e. The summed E-state index contributed by atoms with van der Waals surface area (Å²) in [5.41, 5.74) is 3.91. The zero-order valence-corrected chi connectivity index (χ0v) is 7.88. The lowest BCUT2D eigenvalue weighted by Gasteiger charge is -2.27. The lowest BCUT2D eigenvalue weighted by Crippen LogP contribution is -2.40. The molecule has 0 amide bonds. The van der Waals surface area contributed by atoms with E-state index in [0.717, 1.165) is 12.8 Å². The molecule has 3 N–H and O–H groups in total. The fourth-order valence-corrected chi connectivity index (χ4v) is 1.68. The summed E-state index contributed by atoms with van der Waals surface area (Å²) in [6, 6.07) is 0. The van der Waals surface area contributed by atoms with Crippen LogP contribution < -0.4 is 5.73 Å². The maximum absolute atomic E-state index is 12.2. The number of carbonyl (C=O) groups is 1. The molecule has 0 aromatic heterocycles. The Morgan fingerprint density at radius 1 is 1.57 bits per heavy atom. The molecule has 1 atom stereocenters. The number of hydrogen-bond donors (Lipinski definition) is 2. The van der Waals surface area contributed by atoms with Gasteiger partial charge in [-0.2, -0.15) is 0 Å². The molecular formula is C9H15F2NO2. The van der Waals surface area contributed by atoms with E-state index in [9.17, 15) is 13.6 Å². The average molecular weight is 207 g/mol. The highest BCUT2D eigenvalue weighted by Gasteiger charge is 2.44. The molecule has 1 aliphatic carbocycles. The van der Waals surface area contributed by atoms with Crippen LogP contribution in [0.5, 0.6) is 0 Å². The van der Waals surface area contributed by atoms with Gasteiger partial charge in [0.1, 0.15) is 0 Å². The molecule has 82 valence electrons. The van der Waals surface area contributed by atoms with Gasteiger partial charge in [-0.05, 0) is 12.3 Å². The first-order valence-electron chi connectivity index (χ1n) is 4.72. The normalized spacial score (nSPS) is 20.9. The second kappa shape index (κ2) is 4.21. The fraction of sp³-hybridized carbons (Fsp3) is 0.889. The summed E-state index contributed by atoms with van der Waals surface area (Å²) < 4.78 is 24.5. The molecule has 5 heteroatoms. The van der Waals surface area contributed by atoms with Crippen LogP contribution in [0.4, 0.5) is 8.78 Å². The number of halogens is 2. The van der Waals surface area contributed by atoms with E-state index in [0.29, 0.717) is 6.42 Å². The number of carboxylic acid groups (broad SMARTS) is 1. The fourth-order valence-electron chi connectivity index (χ4n) is 1.68. The van der Waals surface area contributed by atoms with Gasteiger partial charge in [-0.3, -0.25) is 4.79 Å². The molecule has 1 aliphatic rings. The van der Waals surface area contributed by atoms with Crippen molar-refractivity contribution in [2.75, 3.05) is 6.54 Å². The molecule has 0 aromatic rings. The monoisotopic (exact) mass is 207 g/mol. The number of alkyl halides is 2. The van der Waals surface area contributed by atoms with Crippen LogP contribution >= 0.6 is 0 Å². The van der Waals surface area contributed by atoms with E-state index in [1.165, 1.54) is 0 Å². The second-order valence-corrected chi connectivity index (χ2v) is 4.03. The predicted octanol–water partition coefficient (Wildman–Crippen LogP) is 1.47. The molecule has 0 aromatic carbocycles.